The van der Waals surface area contributed by atoms with E-state index in [1.807, 2.05) is 6.08 Å². The van der Waals surface area contributed by atoms with Crippen LogP contribution >= 0.6 is 15.9 Å². The molecule has 0 aromatic heterocycles. The van der Waals surface area contributed by atoms with Crippen LogP contribution in [-0.2, 0) is 0 Å². The summed E-state index contributed by atoms with van der Waals surface area (Å²) >= 11 is 3.68. The van der Waals surface area contributed by atoms with Gasteiger partial charge in [-0.1, -0.05) is 41.4 Å². The van der Waals surface area contributed by atoms with Crippen LogP contribution in [0.4, 0.5) is 0 Å². The summed E-state index contributed by atoms with van der Waals surface area (Å²) in [6.07, 6.45) is 6.69. The molecule has 0 aliphatic heterocycles. The summed E-state index contributed by atoms with van der Waals surface area (Å²) in [5.41, 5.74) is 1.34. The Balaban J connectivity index is 1.73. The van der Waals surface area contributed by atoms with E-state index >= 15 is 0 Å². The van der Waals surface area contributed by atoms with Crippen LogP contribution in [0.15, 0.2) is 11.6 Å². The van der Waals surface area contributed by atoms with E-state index in [4.69, 9.17) is 0 Å². The zero-order valence-electron chi connectivity index (χ0n) is 14.1. The van der Waals surface area contributed by atoms with Crippen molar-refractivity contribution in [2.45, 2.75) is 75.5 Å². The van der Waals surface area contributed by atoms with E-state index in [0.717, 1.165) is 32.1 Å². The van der Waals surface area contributed by atoms with Gasteiger partial charge in [-0.2, -0.15) is 0 Å². The highest BCUT2D eigenvalue weighted by molar-refractivity contribution is 9.09. The minimum atomic E-state index is -0.337. The first kappa shape index (κ1) is 16.6. The molecule has 3 nitrogen and oxygen atoms in total. The van der Waals surface area contributed by atoms with E-state index in [1.54, 1.807) is 0 Å². The van der Waals surface area contributed by atoms with Gasteiger partial charge < -0.3 is 15.3 Å². The van der Waals surface area contributed by atoms with Gasteiger partial charge in [-0.25, -0.2) is 0 Å². The van der Waals surface area contributed by atoms with Crippen LogP contribution < -0.4 is 0 Å². The summed E-state index contributed by atoms with van der Waals surface area (Å²) in [5, 5.41) is 31.7. The first-order valence-electron chi connectivity index (χ1n) is 9.17. The molecule has 0 aromatic rings. The number of aliphatic hydroxyl groups excluding tert-OH is 3. The smallest absolute Gasteiger partial charge is 0.0724 e. The number of hydrogen-bond donors (Lipinski definition) is 3. The average Bonchev–Trinajstić information content (AvgIpc) is 2.73. The molecular weight excluding hydrogens is 356 g/mol. The van der Waals surface area contributed by atoms with E-state index in [9.17, 15) is 15.3 Å². The lowest BCUT2D eigenvalue weighted by Crippen LogP contribution is -2.56. The Hall–Kier alpha value is 0.1000. The second-order valence-corrected chi connectivity index (χ2v) is 10.2. The quantitative estimate of drug-likeness (QED) is 0.444. The molecule has 4 rings (SSSR count). The van der Waals surface area contributed by atoms with Crippen LogP contribution in [0.2, 0.25) is 0 Å². The minimum absolute atomic E-state index is 0.0674. The van der Waals surface area contributed by atoms with E-state index in [0.29, 0.717) is 18.3 Å². The molecule has 0 amide bonds. The van der Waals surface area contributed by atoms with Gasteiger partial charge in [0.15, 0.2) is 0 Å². The third kappa shape index (κ3) is 2.17. The second-order valence-electron chi connectivity index (χ2n) is 9.02. The van der Waals surface area contributed by atoms with Crippen molar-refractivity contribution in [3.05, 3.63) is 11.6 Å². The van der Waals surface area contributed by atoms with Crippen LogP contribution in [0.3, 0.4) is 0 Å². The molecule has 4 aliphatic carbocycles. The fraction of sp³-hybridized carbons (Fsp3) is 0.895. The third-order valence-electron chi connectivity index (χ3n) is 8.05. The Labute approximate surface area is 147 Å². The van der Waals surface area contributed by atoms with Gasteiger partial charge in [0.2, 0.25) is 0 Å². The van der Waals surface area contributed by atoms with E-state index in [1.165, 1.54) is 5.57 Å². The lowest BCUT2D eigenvalue weighted by molar-refractivity contribution is -0.121. The molecule has 0 spiro atoms. The van der Waals surface area contributed by atoms with Crippen LogP contribution in [0.5, 0.6) is 0 Å². The van der Waals surface area contributed by atoms with Crippen LogP contribution in [0.25, 0.3) is 0 Å². The Kier molecular flexibility index (Phi) is 3.81. The van der Waals surface area contributed by atoms with Crippen molar-refractivity contribution in [3.8, 4) is 0 Å². The third-order valence-corrected chi connectivity index (χ3v) is 8.92. The number of alkyl halides is 1. The van der Waals surface area contributed by atoms with Crippen LogP contribution in [0.1, 0.15) is 52.4 Å². The molecule has 0 aromatic carbocycles. The van der Waals surface area contributed by atoms with Crippen molar-refractivity contribution in [3.63, 3.8) is 0 Å². The maximum Gasteiger partial charge on any atom is 0.0724 e. The standard InChI is InChI=1S/C19H29BrO3/c1-18-5-3-11(21)7-10(18)8-15(22)16-12(18)4-6-19(2)13(16)9-14(20)17(19)23/h7,11-17,21-23H,3-6,8-9H2,1-2H3/t11-,12?,13?,14+,15-,16?,17-,18-,19-/m0/s1. The molecule has 4 heteroatoms. The van der Waals surface area contributed by atoms with E-state index in [-0.39, 0.29) is 39.9 Å². The highest BCUT2D eigenvalue weighted by atomic mass is 79.9. The molecular formula is C19H29BrO3. The van der Waals surface area contributed by atoms with E-state index < -0.39 is 0 Å². The van der Waals surface area contributed by atoms with Gasteiger partial charge >= 0.3 is 0 Å². The molecule has 3 unspecified atom stereocenters. The molecule has 0 saturated heterocycles. The van der Waals surface area contributed by atoms with Crippen molar-refractivity contribution in [2.75, 3.05) is 0 Å². The molecule has 3 N–H and O–H groups in total. The topological polar surface area (TPSA) is 60.7 Å². The summed E-state index contributed by atoms with van der Waals surface area (Å²) in [5.74, 6) is 1.15. The number of rotatable bonds is 0. The highest BCUT2D eigenvalue weighted by Crippen LogP contribution is 2.65. The van der Waals surface area contributed by atoms with Gasteiger partial charge in [0.25, 0.3) is 0 Å². The zero-order valence-corrected chi connectivity index (χ0v) is 15.7. The molecule has 0 bridgehead atoms. The molecule has 130 valence electrons. The summed E-state index contributed by atoms with van der Waals surface area (Å²) in [6, 6.07) is 0. The molecule has 3 fully saturated rings. The summed E-state index contributed by atoms with van der Waals surface area (Å²) < 4.78 is 0. The molecule has 23 heavy (non-hydrogen) atoms. The fourth-order valence-corrected chi connectivity index (χ4v) is 7.63. The summed E-state index contributed by atoms with van der Waals surface area (Å²) in [7, 11) is 0. The maximum absolute atomic E-state index is 11.0. The van der Waals surface area contributed by atoms with Crippen LogP contribution in [0, 0.1) is 28.6 Å². The Morgan fingerprint density at radius 3 is 2.57 bits per heavy atom. The van der Waals surface area contributed by atoms with Crippen molar-refractivity contribution in [1.29, 1.82) is 0 Å². The minimum Gasteiger partial charge on any atom is -0.392 e. The van der Waals surface area contributed by atoms with E-state index in [2.05, 4.69) is 29.8 Å². The van der Waals surface area contributed by atoms with Gasteiger partial charge in [0, 0.05) is 4.83 Å². The van der Waals surface area contributed by atoms with Crippen molar-refractivity contribution in [1.82, 2.24) is 0 Å². The Bertz CT molecular complexity index is 535. The fourth-order valence-electron chi connectivity index (χ4n) is 6.62. The number of aliphatic hydroxyl groups is 3. The van der Waals surface area contributed by atoms with Crippen molar-refractivity contribution < 1.29 is 15.3 Å². The summed E-state index contributed by atoms with van der Waals surface area (Å²) in [6.45, 7) is 4.58. The van der Waals surface area contributed by atoms with Crippen molar-refractivity contribution in [2.24, 2.45) is 28.6 Å². The normalized spacial score (nSPS) is 58.9. The predicted octanol–water partition coefficient (Wildman–Crippen LogP) is 3.02. The SMILES string of the molecule is C[C@]12CC[C@H](O)C=C1C[C@H](O)C1C2CC[C@@]2(C)C1C[C@@H](Br)[C@@H]2O. The van der Waals surface area contributed by atoms with Crippen LogP contribution in [-0.4, -0.2) is 38.5 Å². The average molecular weight is 385 g/mol. The molecule has 0 radical (unpaired) electrons. The largest absolute Gasteiger partial charge is 0.392 e. The van der Waals surface area contributed by atoms with Crippen molar-refractivity contribution >= 4 is 15.9 Å². The number of halogens is 1. The van der Waals surface area contributed by atoms with Gasteiger partial charge in [-0.15, -0.1) is 0 Å². The summed E-state index contributed by atoms with van der Waals surface area (Å²) in [4.78, 5) is 0.154. The molecule has 0 heterocycles. The predicted molar refractivity (Wildman–Crippen MR) is 93.2 cm³/mol. The Morgan fingerprint density at radius 1 is 1.09 bits per heavy atom. The van der Waals surface area contributed by atoms with Gasteiger partial charge in [0.05, 0.1) is 18.3 Å². The van der Waals surface area contributed by atoms with Gasteiger partial charge in [-0.3, -0.25) is 0 Å². The Morgan fingerprint density at radius 2 is 1.83 bits per heavy atom. The monoisotopic (exact) mass is 384 g/mol. The van der Waals surface area contributed by atoms with Gasteiger partial charge in [0.1, 0.15) is 0 Å². The zero-order chi connectivity index (χ0) is 16.6. The second kappa shape index (κ2) is 5.30. The molecule has 4 aliphatic rings. The van der Waals surface area contributed by atoms with Gasteiger partial charge in [-0.05, 0) is 67.1 Å². The number of fused-ring (bicyclic) bond motifs is 5. The first-order valence-corrected chi connectivity index (χ1v) is 10.1. The molecule has 3 saturated carbocycles. The highest BCUT2D eigenvalue weighted by Gasteiger charge is 2.62. The lowest BCUT2D eigenvalue weighted by Gasteiger charge is -2.59. The maximum atomic E-state index is 11.0. The lowest BCUT2D eigenvalue weighted by atomic mass is 9.46. The first-order chi connectivity index (χ1) is 10.8. The molecule has 9 atom stereocenters. The number of hydrogen-bond acceptors (Lipinski definition) is 3.